The van der Waals surface area contributed by atoms with Gasteiger partial charge in [-0.3, -0.25) is 4.79 Å². The Morgan fingerprint density at radius 2 is 1.45 bits per heavy atom. The Hall–Kier alpha value is -3.64. The minimum atomic E-state index is -0.466. The maximum absolute atomic E-state index is 12.3. The van der Waals surface area contributed by atoms with E-state index in [1.165, 1.54) is 22.3 Å². The van der Waals surface area contributed by atoms with Crippen molar-refractivity contribution in [2.24, 2.45) is 5.73 Å². The molecule has 0 aliphatic heterocycles. The maximum Gasteiger partial charge on any atom is 0.407 e. The van der Waals surface area contributed by atoms with Crippen molar-refractivity contribution in [1.29, 1.82) is 0 Å². The minimum absolute atomic E-state index is 0.0319. The van der Waals surface area contributed by atoms with Crippen LogP contribution < -0.4 is 16.4 Å². The number of ether oxygens (including phenoxy) is 1. The fraction of sp³-hybridized carbons (Fsp3) is 0.200. The van der Waals surface area contributed by atoms with E-state index < -0.39 is 6.09 Å². The Morgan fingerprint density at radius 3 is 2.06 bits per heavy atom. The Labute approximate surface area is 181 Å². The summed E-state index contributed by atoms with van der Waals surface area (Å²) in [5.41, 5.74) is 11.6. The first-order valence-electron chi connectivity index (χ1n) is 10.3. The summed E-state index contributed by atoms with van der Waals surface area (Å²) in [7, 11) is 0. The van der Waals surface area contributed by atoms with Gasteiger partial charge in [0, 0.05) is 31.1 Å². The summed E-state index contributed by atoms with van der Waals surface area (Å²) in [6, 6.07) is 23.5. The van der Waals surface area contributed by atoms with Gasteiger partial charge in [0.2, 0.25) is 0 Å². The number of hydrogen-bond donors (Lipinski definition) is 3. The molecule has 0 spiro atoms. The van der Waals surface area contributed by atoms with Gasteiger partial charge >= 0.3 is 6.09 Å². The van der Waals surface area contributed by atoms with E-state index in [1.54, 1.807) is 24.3 Å². The quantitative estimate of drug-likeness (QED) is 0.551. The fourth-order valence-electron chi connectivity index (χ4n) is 3.89. The van der Waals surface area contributed by atoms with Crippen LogP contribution in [0.15, 0.2) is 72.8 Å². The lowest BCUT2D eigenvalue weighted by molar-refractivity contribution is 0.0954. The molecular weight excluding hydrogens is 390 g/mol. The Balaban J connectivity index is 1.32. The van der Waals surface area contributed by atoms with Crippen LogP contribution in [0.3, 0.4) is 0 Å². The van der Waals surface area contributed by atoms with E-state index in [0.717, 1.165) is 5.56 Å². The Kier molecular flexibility index (Phi) is 6.29. The fourth-order valence-corrected chi connectivity index (χ4v) is 3.89. The van der Waals surface area contributed by atoms with E-state index in [9.17, 15) is 9.59 Å². The molecule has 6 heteroatoms. The number of benzene rings is 3. The highest BCUT2D eigenvalue weighted by molar-refractivity contribution is 5.94. The molecule has 158 valence electrons. The topological polar surface area (TPSA) is 93.5 Å². The lowest BCUT2D eigenvalue weighted by Gasteiger charge is -2.14. The average Bonchev–Trinajstić information content (AvgIpc) is 3.14. The number of nitrogens with one attached hydrogen (secondary N) is 2. The molecule has 0 saturated carbocycles. The first kappa shape index (κ1) is 20.6. The number of carbonyl (C=O) groups is 2. The molecule has 2 amide bonds. The van der Waals surface area contributed by atoms with Crippen LogP contribution in [0.2, 0.25) is 0 Å². The van der Waals surface area contributed by atoms with Gasteiger partial charge in [0.1, 0.15) is 6.61 Å². The van der Waals surface area contributed by atoms with Crippen molar-refractivity contribution in [3.05, 3.63) is 95.1 Å². The van der Waals surface area contributed by atoms with Gasteiger partial charge in [0.25, 0.3) is 5.91 Å². The molecule has 6 nitrogen and oxygen atoms in total. The first-order chi connectivity index (χ1) is 15.2. The molecule has 0 bridgehead atoms. The van der Waals surface area contributed by atoms with Crippen molar-refractivity contribution in [2.45, 2.75) is 12.5 Å². The normalized spacial score (nSPS) is 12.0. The van der Waals surface area contributed by atoms with Crippen molar-refractivity contribution in [3.8, 4) is 11.1 Å². The van der Waals surface area contributed by atoms with Crippen LogP contribution in [-0.2, 0) is 11.3 Å². The Morgan fingerprint density at radius 1 is 0.839 bits per heavy atom. The second-order valence-electron chi connectivity index (χ2n) is 7.42. The second-order valence-corrected chi connectivity index (χ2v) is 7.42. The number of fused-ring (bicyclic) bond motifs is 3. The molecule has 0 heterocycles. The van der Waals surface area contributed by atoms with Gasteiger partial charge in [-0.05, 0) is 39.9 Å². The molecule has 4 N–H and O–H groups in total. The lowest BCUT2D eigenvalue weighted by Crippen LogP contribution is -2.29. The van der Waals surface area contributed by atoms with E-state index >= 15 is 0 Å². The smallest absolute Gasteiger partial charge is 0.407 e. The molecule has 0 fully saturated rings. The molecule has 3 aromatic carbocycles. The predicted octanol–water partition coefficient (Wildman–Crippen LogP) is 3.41. The van der Waals surface area contributed by atoms with Gasteiger partial charge in [-0.25, -0.2) is 4.79 Å². The van der Waals surface area contributed by atoms with Crippen LogP contribution >= 0.6 is 0 Å². The monoisotopic (exact) mass is 415 g/mol. The summed E-state index contributed by atoms with van der Waals surface area (Å²) in [5, 5.41) is 5.50. The van der Waals surface area contributed by atoms with Crippen molar-refractivity contribution < 1.29 is 14.3 Å². The third-order valence-electron chi connectivity index (χ3n) is 5.43. The zero-order valence-electron chi connectivity index (χ0n) is 17.1. The van der Waals surface area contributed by atoms with Crippen LogP contribution in [-0.4, -0.2) is 31.7 Å². The van der Waals surface area contributed by atoms with Gasteiger partial charge < -0.3 is 21.1 Å². The second kappa shape index (κ2) is 9.45. The third-order valence-corrected chi connectivity index (χ3v) is 5.43. The average molecular weight is 415 g/mol. The van der Waals surface area contributed by atoms with Crippen LogP contribution in [0.5, 0.6) is 0 Å². The van der Waals surface area contributed by atoms with Crippen LogP contribution in [0.4, 0.5) is 4.79 Å². The zero-order chi connectivity index (χ0) is 21.6. The first-order valence-corrected chi connectivity index (χ1v) is 10.3. The van der Waals surface area contributed by atoms with Gasteiger partial charge in [0.05, 0.1) is 0 Å². The summed E-state index contributed by atoms with van der Waals surface area (Å²) in [6.45, 7) is 1.43. The maximum atomic E-state index is 12.3. The van der Waals surface area contributed by atoms with Crippen LogP contribution in [0.25, 0.3) is 11.1 Å². The molecular formula is C25H25N3O3. The number of carbonyl (C=O) groups excluding carboxylic acids is 2. The van der Waals surface area contributed by atoms with E-state index in [2.05, 4.69) is 34.9 Å². The van der Waals surface area contributed by atoms with Gasteiger partial charge in [0.15, 0.2) is 0 Å². The van der Waals surface area contributed by atoms with Crippen molar-refractivity contribution in [1.82, 2.24) is 10.6 Å². The van der Waals surface area contributed by atoms with Gasteiger partial charge in [-0.1, -0.05) is 60.7 Å². The lowest BCUT2D eigenvalue weighted by atomic mass is 9.98. The summed E-state index contributed by atoms with van der Waals surface area (Å²) >= 11 is 0. The highest BCUT2D eigenvalue weighted by atomic mass is 16.5. The van der Waals surface area contributed by atoms with Crippen molar-refractivity contribution in [3.63, 3.8) is 0 Å². The summed E-state index contributed by atoms with van der Waals surface area (Å²) in [6.07, 6.45) is -0.466. The Bertz CT molecular complexity index is 1030. The summed E-state index contributed by atoms with van der Waals surface area (Å²) in [5.74, 6) is -0.133. The molecule has 3 aromatic rings. The number of alkyl carbamates (subject to hydrolysis) is 1. The highest BCUT2D eigenvalue weighted by Crippen LogP contribution is 2.44. The molecule has 1 aliphatic carbocycles. The molecule has 0 atom stereocenters. The minimum Gasteiger partial charge on any atom is -0.449 e. The summed E-state index contributed by atoms with van der Waals surface area (Å²) in [4.78, 5) is 24.2. The van der Waals surface area contributed by atoms with Gasteiger partial charge in [-0.15, -0.1) is 0 Å². The van der Waals surface area contributed by atoms with Crippen LogP contribution in [0.1, 0.15) is 33.0 Å². The molecule has 31 heavy (non-hydrogen) atoms. The number of rotatable bonds is 7. The molecule has 0 radical (unpaired) electrons. The molecule has 4 rings (SSSR count). The van der Waals surface area contributed by atoms with Crippen LogP contribution in [0, 0.1) is 0 Å². The predicted molar refractivity (Wildman–Crippen MR) is 120 cm³/mol. The third kappa shape index (κ3) is 4.59. The van der Waals surface area contributed by atoms with Gasteiger partial charge in [-0.2, -0.15) is 0 Å². The van der Waals surface area contributed by atoms with E-state index in [0.29, 0.717) is 25.2 Å². The van der Waals surface area contributed by atoms with E-state index in [4.69, 9.17) is 10.5 Å². The molecule has 0 saturated heterocycles. The molecule has 0 unspecified atom stereocenters. The standard InChI is InChI=1S/C25H25N3O3/c26-13-14-27-24(29)18-11-9-17(10-12-18)15-28-25(30)31-16-23-21-7-3-1-5-19(21)20-6-2-4-8-22(20)23/h1-12,23H,13-16,26H2,(H,27,29)(H,28,30). The van der Waals surface area contributed by atoms with Crippen molar-refractivity contribution in [2.75, 3.05) is 19.7 Å². The van der Waals surface area contributed by atoms with E-state index in [-0.39, 0.29) is 18.4 Å². The number of amides is 2. The highest BCUT2D eigenvalue weighted by Gasteiger charge is 2.28. The largest absolute Gasteiger partial charge is 0.449 e. The van der Waals surface area contributed by atoms with E-state index in [1.807, 2.05) is 24.3 Å². The molecule has 1 aliphatic rings. The SMILES string of the molecule is NCCNC(=O)c1ccc(CNC(=O)OCC2c3ccccc3-c3ccccc32)cc1. The number of hydrogen-bond acceptors (Lipinski definition) is 4. The molecule has 0 aromatic heterocycles. The summed E-state index contributed by atoms with van der Waals surface area (Å²) < 4.78 is 5.54. The van der Waals surface area contributed by atoms with Crippen molar-refractivity contribution >= 4 is 12.0 Å². The zero-order valence-corrected chi connectivity index (χ0v) is 17.1. The number of nitrogens with two attached hydrogens (primary N) is 1.